The molecule has 1 aliphatic heterocycles. The van der Waals surface area contributed by atoms with Gasteiger partial charge in [0.1, 0.15) is 0 Å². The zero-order valence-corrected chi connectivity index (χ0v) is 18.7. The number of halogens is 5. The predicted molar refractivity (Wildman–Crippen MR) is 122 cm³/mol. The van der Waals surface area contributed by atoms with Gasteiger partial charge in [-0.3, -0.25) is 9.52 Å². The highest BCUT2D eigenvalue weighted by molar-refractivity contribution is 7.92. The number of benzene rings is 3. The smallest absolute Gasteiger partial charge is 0.321 e. The molecule has 0 aliphatic carbocycles. The van der Waals surface area contributed by atoms with E-state index in [-0.39, 0.29) is 16.2 Å². The number of hydrogen-bond acceptors (Lipinski definition) is 3. The summed E-state index contributed by atoms with van der Waals surface area (Å²) >= 11 is 12.1. The fraction of sp³-hybridized carbons (Fsp3) is 0.0455. The fourth-order valence-corrected chi connectivity index (χ4v) is 4.74. The minimum absolute atomic E-state index is 0.0404. The van der Waals surface area contributed by atoms with Crippen LogP contribution in [0.15, 0.2) is 65.6 Å². The Hall–Kier alpha value is -3.01. The van der Waals surface area contributed by atoms with E-state index in [1.165, 1.54) is 30.3 Å². The Morgan fingerprint density at radius 3 is 2.27 bits per heavy atom. The number of carbonyl (C=O) groups excluding carboxylic acids is 1. The number of rotatable bonds is 4. The van der Waals surface area contributed by atoms with Gasteiger partial charge in [0.15, 0.2) is 0 Å². The number of amides is 1. The van der Waals surface area contributed by atoms with Crippen molar-refractivity contribution in [1.82, 2.24) is 0 Å². The third-order valence-corrected chi connectivity index (χ3v) is 6.75. The first kappa shape index (κ1) is 23.2. The summed E-state index contributed by atoms with van der Waals surface area (Å²) in [6, 6.07) is 12.3. The van der Waals surface area contributed by atoms with Gasteiger partial charge in [-0.1, -0.05) is 29.3 Å². The quantitative estimate of drug-likeness (QED) is 0.402. The van der Waals surface area contributed by atoms with Crippen LogP contribution in [-0.2, 0) is 21.0 Å². The molecule has 0 radical (unpaired) electrons. The summed E-state index contributed by atoms with van der Waals surface area (Å²) in [6.07, 6.45) is -3.02. The molecule has 0 saturated carbocycles. The Labute approximate surface area is 196 Å². The molecule has 2 N–H and O–H groups in total. The van der Waals surface area contributed by atoms with Crippen molar-refractivity contribution in [3.8, 4) is 0 Å². The molecule has 0 atom stereocenters. The van der Waals surface area contributed by atoms with Gasteiger partial charge in [-0.25, -0.2) is 8.42 Å². The van der Waals surface area contributed by atoms with Crippen LogP contribution in [0, 0.1) is 0 Å². The molecule has 3 aromatic carbocycles. The predicted octanol–water partition coefficient (Wildman–Crippen LogP) is 6.31. The van der Waals surface area contributed by atoms with E-state index in [0.29, 0.717) is 26.9 Å². The normalized spacial score (nSPS) is 14.8. The minimum atomic E-state index is -4.54. The summed E-state index contributed by atoms with van der Waals surface area (Å²) in [5.74, 6) is -0.443. The Bertz CT molecular complexity index is 1400. The molecule has 5 nitrogen and oxygen atoms in total. The summed E-state index contributed by atoms with van der Waals surface area (Å²) in [7, 11) is -4.15. The van der Waals surface area contributed by atoms with Crippen LogP contribution in [0.2, 0.25) is 10.0 Å². The molecule has 0 saturated heterocycles. The highest BCUT2D eigenvalue weighted by Gasteiger charge is 2.30. The van der Waals surface area contributed by atoms with E-state index >= 15 is 0 Å². The highest BCUT2D eigenvalue weighted by atomic mass is 35.5. The van der Waals surface area contributed by atoms with Crippen LogP contribution < -0.4 is 10.0 Å². The summed E-state index contributed by atoms with van der Waals surface area (Å²) < 4.78 is 66.1. The van der Waals surface area contributed by atoms with Crippen molar-refractivity contribution < 1.29 is 26.4 Å². The fourth-order valence-electron chi connectivity index (χ4n) is 3.19. The van der Waals surface area contributed by atoms with Crippen molar-refractivity contribution in [2.24, 2.45) is 0 Å². The lowest BCUT2D eigenvalue weighted by Gasteiger charge is -2.11. The molecule has 4 rings (SSSR count). The molecule has 0 unspecified atom stereocenters. The Kier molecular flexibility index (Phi) is 5.90. The first-order chi connectivity index (χ1) is 15.4. The lowest BCUT2D eigenvalue weighted by atomic mass is 10.0. The van der Waals surface area contributed by atoms with Crippen LogP contribution in [0.3, 0.4) is 0 Å². The second-order valence-corrected chi connectivity index (χ2v) is 9.59. The van der Waals surface area contributed by atoms with Crippen LogP contribution in [0.1, 0.15) is 16.7 Å². The van der Waals surface area contributed by atoms with Crippen molar-refractivity contribution in [3.63, 3.8) is 0 Å². The average Bonchev–Trinajstić information content (AvgIpc) is 3.04. The molecule has 0 fully saturated rings. The zero-order valence-electron chi connectivity index (χ0n) is 16.4. The monoisotopic (exact) mass is 512 g/mol. The number of sulfonamides is 1. The third kappa shape index (κ3) is 4.85. The summed E-state index contributed by atoms with van der Waals surface area (Å²) in [5, 5.41) is 3.38. The second-order valence-electron chi connectivity index (χ2n) is 7.07. The maximum absolute atomic E-state index is 12.8. The Morgan fingerprint density at radius 2 is 1.64 bits per heavy atom. The van der Waals surface area contributed by atoms with Crippen molar-refractivity contribution in [2.75, 3.05) is 10.0 Å². The minimum Gasteiger partial charge on any atom is -0.321 e. The zero-order chi connectivity index (χ0) is 24.0. The van der Waals surface area contributed by atoms with E-state index < -0.39 is 27.7 Å². The first-order valence-corrected chi connectivity index (χ1v) is 11.5. The topological polar surface area (TPSA) is 75.3 Å². The summed E-state index contributed by atoms with van der Waals surface area (Å²) in [6.45, 7) is 0. The number of alkyl halides is 3. The number of fused-ring (bicyclic) bond motifs is 1. The molecule has 170 valence electrons. The van der Waals surface area contributed by atoms with E-state index in [1.807, 2.05) is 0 Å². The Morgan fingerprint density at radius 1 is 0.939 bits per heavy atom. The van der Waals surface area contributed by atoms with E-state index in [2.05, 4.69) is 10.0 Å². The molecule has 1 aliphatic rings. The summed E-state index contributed by atoms with van der Waals surface area (Å²) in [4.78, 5) is 12.3. The molecule has 0 bridgehead atoms. The molecular weight excluding hydrogens is 500 g/mol. The molecule has 0 aromatic heterocycles. The maximum Gasteiger partial charge on any atom is 0.416 e. The van der Waals surface area contributed by atoms with Gasteiger partial charge >= 0.3 is 6.18 Å². The van der Waals surface area contributed by atoms with Gasteiger partial charge < -0.3 is 5.32 Å². The van der Waals surface area contributed by atoms with Crippen LogP contribution in [0.25, 0.3) is 11.6 Å². The van der Waals surface area contributed by atoms with Gasteiger partial charge in [0.2, 0.25) is 0 Å². The van der Waals surface area contributed by atoms with Gasteiger partial charge in [-0.2, -0.15) is 13.2 Å². The largest absolute Gasteiger partial charge is 0.416 e. The first-order valence-electron chi connectivity index (χ1n) is 9.27. The number of anilines is 2. The molecular formula is C22H13Cl2F3N2O3S. The molecule has 1 heterocycles. The summed E-state index contributed by atoms with van der Waals surface area (Å²) in [5.41, 5.74) is 0.506. The SMILES string of the molecule is O=C1Nc2ccc(S(=O)(=O)Nc3ccc(C(F)(F)F)cc3)cc2C1=Cc1ccc(Cl)cc1Cl. The van der Waals surface area contributed by atoms with Crippen molar-refractivity contribution >= 4 is 62.2 Å². The van der Waals surface area contributed by atoms with Gasteiger partial charge in [0.25, 0.3) is 15.9 Å². The lowest BCUT2D eigenvalue weighted by Crippen LogP contribution is -2.13. The molecule has 33 heavy (non-hydrogen) atoms. The van der Waals surface area contributed by atoms with Gasteiger partial charge in [-0.15, -0.1) is 0 Å². The number of hydrogen-bond donors (Lipinski definition) is 2. The van der Waals surface area contributed by atoms with Crippen molar-refractivity contribution in [2.45, 2.75) is 11.1 Å². The number of carbonyl (C=O) groups is 1. The van der Waals surface area contributed by atoms with E-state index in [1.54, 1.807) is 12.1 Å². The van der Waals surface area contributed by atoms with Crippen LogP contribution in [0.4, 0.5) is 24.5 Å². The molecule has 3 aromatic rings. The van der Waals surface area contributed by atoms with E-state index in [9.17, 15) is 26.4 Å². The maximum atomic E-state index is 12.8. The van der Waals surface area contributed by atoms with Crippen molar-refractivity contribution in [3.05, 3.63) is 87.4 Å². The molecule has 1 amide bonds. The number of nitrogens with one attached hydrogen (secondary N) is 2. The lowest BCUT2D eigenvalue weighted by molar-refractivity contribution is -0.137. The molecule has 0 spiro atoms. The van der Waals surface area contributed by atoms with E-state index in [0.717, 1.165) is 24.3 Å². The van der Waals surface area contributed by atoms with Gasteiger partial charge in [0, 0.05) is 32.6 Å². The highest BCUT2D eigenvalue weighted by Crippen LogP contribution is 2.36. The van der Waals surface area contributed by atoms with Gasteiger partial charge in [0.05, 0.1) is 10.5 Å². The third-order valence-electron chi connectivity index (χ3n) is 4.81. The second kappa shape index (κ2) is 8.40. The average molecular weight is 513 g/mol. The van der Waals surface area contributed by atoms with Crippen LogP contribution in [0.5, 0.6) is 0 Å². The Balaban J connectivity index is 1.67. The van der Waals surface area contributed by atoms with Crippen molar-refractivity contribution in [1.29, 1.82) is 0 Å². The molecule has 11 heteroatoms. The van der Waals surface area contributed by atoms with Crippen LogP contribution >= 0.6 is 23.2 Å². The van der Waals surface area contributed by atoms with Gasteiger partial charge in [-0.05, 0) is 66.2 Å². The van der Waals surface area contributed by atoms with Crippen LogP contribution in [-0.4, -0.2) is 14.3 Å². The van der Waals surface area contributed by atoms with E-state index in [4.69, 9.17) is 23.2 Å². The standard InChI is InChI=1S/C22H13Cl2F3N2O3S/c23-14-4-1-12(19(24)10-14)9-18-17-11-16(7-8-20(17)28-21(18)30)33(31,32)29-15-5-2-13(3-6-15)22(25,26)27/h1-11,29H,(H,28,30).